The van der Waals surface area contributed by atoms with Gasteiger partial charge in [0.15, 0.2) is 6.10 Å². The summed E-state index contributed by atoms with van der Waals surface area (Å²) in [7, 11) is 1.93. The highest BCUT2D eigenvalue weighted by atomic mass is 35.5. The van der Waals surface area contributed by atoms with Crippen LogP contribution in [0.3, 0.4) is 0 Å². The first-order valence-corrected chi connectivity index (χ1v) is 8.62. The van der Waals surface area contributed by atoms with E-state index in [9.17, 15) is 9.59 Å². The van der Waals surface area contributed by atoms with E-state index in [-0.39, 0.29) is 24.2 Å². The maximum absolute atomic E-state index is 12.5. The lowest BCUT2D eigenvalue weighted by Crippen LogP contribution is -2.49. The first-order chi connectivity index (χ1) is 11.6. The van der Waals surface area contributed by atoms with E-state index >= 15 is 0 Å². The van der Waals surface area contributed by atoms with Crippen LogP contribution < -0.4 is 15.0 Å². The molecule has 1 saturated heterocycles. The second-order valence-electron chi connectivity index (χ2n) is 6.44. The van der Waals surface area contributed by atoms with Crippen molar-refractivity contribution in [3.8, 4) is 5.75 Å². The van der Waals surface area contributed by atoms with Crippen molar-refractivity contribution >= 4 is 29.9 Å². The van der Waals surface area contributed by atoms with Gasteiger partial charge in [0.05, 0.1) is 5.69 Å². The molecule has 1 aromatic rings. The third-order valence-electron chi connectivity index (χ3n) is 4.81. The first kappa shape index (κ1) is 19.5. The summed E-state index contributed by atoms with van der Waals surface area (Å²) < 4.78 is 5.63. The van der Waals surface area contributed by atoms with Gasteiger partial charge in [-0.05, 0) is 38.9 Å². The molecule has 0 radical (unpaired) electrons. The second-order valence-corrected chi connectivity index (χ2v) is 6.44. The first-order valence-electron chi connectivity index (χ1n) is 8.62. The lowest BCUT2D eigenvalue weighted by Gasteiger charge is -2.35. The molecule has 0 spiro atoms. The number of benzene rings is 1. The normalized spacial score (nSPS) is 22.7. The molecule has 1 fully saturated rings. The zero-order valence-electron chi connectivity index (χ0n) is 14.7. The zero-order valence-corrected chi connectivity index (χ0v) is 15.6. The number of anilines is 1. The van der Waals surface area contributed by atoms with E-state index in [2.05, 4.69) is 5.32 Å². The number of para-hydroxylation sites is 2. The summed E-state index contributed by atoms with van der Waals surface area (Å²) >= 11 is 0. The molecule has 2 unspecified atom stereocenters. The molecule has 2 atom stereocenters. The van der Waals surface area contributed by atoms with Crippen molar-refractivity contribution in [3.63, 3.8) is 0 Å². The van der Waals surface area contributed by atoms with Crippen molar-refractivity contribution in [2.75, 3.05) is 31.6 Å². The number of nitrogens with one attached hydrogen (secondary N) is 1. The van der Waals surface area contributed by atoms with E-state index in [0.29, 0.717) is 24.8 Å². The van der Waals surface area contributed by atoms with Gasteiger partial charge in [-0.3, -0.25) is 9.59 Å². The number of carbonyl (C=O) groups is 2. The number of rotatable bonds is 4. The number of ether oxygens (including phenoxy) is 1. The minimum atomic E-state index is -0.515. The molecule has 138 valence electrons. The van der Waals surface area contributed by atoms with Crippen molar-refractivity contribution in [1.82, 2.24) is 10.2 Å². The summed E-state index contributed by atoms with van der Waals surface area (Å²) in [5.74, 6) is 0.720. The molecule has 1 N–H and O–H groups in total. The Kier molecular flexibility index (Phi) is 6.67. The van der Waals surface area contributed by atoms with Crippen molar-refractivity contribution in [2.24, 2.45) is 0 Å². The third-order valence-corrected chi connectivity index (χ3v) is 4.81. The molecule has 25 heavy (non-hydrogen) atoms. The smallest absolute Gasteiger partial charge is 0.267 e. The molecule has 3 rings (SSSR count). The van der Waals surface area contributed by atoms with Gasteiger partial charge in [0.25, 0.3) is 5.91 Å². The van der Waals surface area contributed by atoms with Gasteiger partial charge in [-0.25, -0.2) is 0 Å². The second kappa shape index (κ2) is 8.54. The Labute approximate surface area is 154 Å². The van der Waals surface area contributed by atoms with E-state index in [1.165, 1.54) is 0 Å². The van der Waals surface area contributed by atoms with Crippen LogP contribution in [0.1, 0.15) is 26.2 Å². The predicted octanol–water partition coefficient (Wildman–Crippen LogP) is 1.82. The molecule has 0 saturated carbocycles. The molecule has 7 heteroatoms. The zero-order chi connectivity index (χ0) is 17.1. The third kappa shape index (κ3) is 4.25. The van der Waals surface area contributed by atoms with Crippen LogP contribution in [0.5, 0.6) is 5.75 Å². The van der Waals surface area contributed by atoms with Gasteiger partial charge in [0.1, 0.15) is 5.75 Å². The van der Waals surface area contributed by atoms with E-state index in [0.717, 1.165) is 31.6 Å². The summed E-state index contributed by atoms with van der Waals surface area (Å²) in [6.45, 7) is 3.69. The van der Waals surface area contributed by atoms with E-state index < -0.39 is 6.10 Å². The number of fused-ring (bicyclic) bond motifs is 1. The summed E-state index contributed by atoms with van der Waals surface area (Å²) in [5, 5.41) is 3.25. The fourth-order valence-electron chi connectivity index (χ4n) is 3.39. The average molecular weight is 368 g/mol. The molecule has 0 bridgehead atoms. The molecule has 2 aliphatic heterocycles. The Morgan fingerprint density at radius 1 is 1.36 bits per heavy atom. The van der Waals surface area contributed by atoms with Crippen LogP contribution in [0.15, 0.2) is 24.3 Å². The Hall–Kier alpha value is -1.79. The lowest BCUT2D eigenvalue weighted by atomic mass is 10.1. The molecule has 2 aliphatic rings. The van der Waals surface area contributed by atoms with Gasteiger partial charge in [0.2, 0.25) is 5.91 Å². The Bertz CT molecular complexity index is 625. The van der Waals surface area contributed by atoms with Gasteiger partial charge >= 0.3 is 0 Å². The molecule has 2 amide bonds. The van der Waals surface area contributed by atoms with Crippen LogP contribution in [-0.4, -0.2) is 55.5 Å². The molecular formula is C18H26ClN3O3. The highest BCUT2D eigenvalue weighted by Crippen LogP contribution is 2.33. The van der Waals surface area contributed by atoms with Crippen molar-refractivity contribution < 1.29 is 14.3 Å². The Morgan fingerprint density at radius 2 is 2.12 bits per heavy atom. The molecular weight excluding hydrogens is 342 g/mol. The average Bonchev–Trinajstić information content (AvgIpc) is 2.62. The fourth-order valence-corrected chi connectivity index (χ4v) is 3.39. The van der Waals surface area contributed by atoms with Gasteiger partial charge in [-0.15, -0.1) is 12.4 Å². The number of carbonyl (C=O) groups excluding carboxylic acids is 2. The molecule has 0 aromatic heterocycles. The number of amides is 2. The molecule has 2 heterocycles. The van der Waals surface area contributed by atoms with Gasteiger partial charge in [-0.2, -0.15) is 0 Å². The fraction of sp³-hybridized carbons (Fsp3) is 0.556. The molecule has 0 aliphatic carbocycles. The predicted molar refractivity (Wildman–Crippen MR) is 99.4 cm³/mol. The summed E-state index contributed by atoms with van der Waals surface area (Å²) in [5.41, 5.74) is 0.750. The summed E-state index contributed by atoms with van der Waals surface area (Å²) in [6.07, 6.45) is 1.95. The van der Waals surface area contributed by atoms with E-state index in [1.54, 1.807) is 11.8 Å². The molecule has 1 aromatic carbocycles. The minimum absolute atomic E-state index is 0. The van der Waals surface area contributed by atoms with Gasteiger partial charge < -0.3 is 19.9 Å². The van der Waals surface area contributed by atoms with Crippen LogP contribution in [0, 0.1) is 0 Å². The maximum atomic E-state index is 12.5. The SMILES string of the molecule is CNC1CCCN(C(=O)CCN2C(=O)C(C)Oc3ccccc32)C1.Cl. The lowest BCUT2D eigenvalue weighted by molar-refractivity contribution is -0.132. The number of hydrogen-bond acceptors (Lipinski definition) is 4. The van der Waals surface area contributed by atoms with Crippen LogP contribution in [0.4, 0.5) is 5.69 Å². The summed E-state index contributed by atoms with van der Waals surface area (Å²) in [6, 6.07) is 7.85. The van der Waals surface area contributed by atoms with Crippen LogP contribution >= 0.6 is 12.4 Å². The van der Waals surface area contributed by atoms with Crippen molar-refractivity contribution in [3.05, 3.63) is 24.3 Å². The topological polar surface area (TPSA) is 61.9 Å². The van der Waals surface area contributed by atoms with Crippen LogP contribution in [0.2, 0.25) is 0 Å². The van der Waals surface area contributed by atoms with E-state index in [1.807, 2.05) is 36.2 Å². The monoisotopic (exact) mass is 367 g/mol. The highest BCUT2D eigenvalue weighted by Gasteiger charge is 2.32. The van der Waals surface area contributed by atoms with Crippen LogP contribution in [-0.2, 0) is 9.59 Å². The quantitative estimate of drug-likeness (QED) is 0.881. The minimum Gasteiger partial charge on any atom is -0.479 e. The number of halogens is 1. The number of likely N-dealkylation sites (tertiary alicyclic amines) is 1. The van der Waals surface area contributed by atoms with Gasteiger partial charge in [-0.1, -0.05) is 12.1 Å². The van der Waals surface area contributed by atoms with Gasteiger partial charge in [0, 0.05) is 32.1 Å². The van der Waals surface area contributed by atoms with Crippen molar-refractivity contribution in [2.45, 2.75) is 38.3 Å². The number of likely N-dealkylation sites (N-methyl/N-ethyl adjacent to an activating group) is 1. The van der Waals surface area contributed by atoms with E-state index in [4.69, 9.17) is 4.74 Å². The highest BCUT2D eigenvalue weighted by molar-refractivity contribution is 6.00. The summed E-state index contributed by atoms with van der Waals surface area (Å²) in [4.78, 5) is 28.6. The maximum Gasteiger partial charge on any atom is 0.267 e. The molecule has 6 nitrogen and oxygen atoms in total. The van der Waals surface area contributed by atoms with Crippen LogP contribution in [0.25, 0.3) is 0 Å². The number of piperidine rings is 1. The standard InChI is InChI=1S/C18H25N3O3.ClH/c1-13-18(23)21(15-7-3-4-8-16(15)24-13)11-9-17(22)20-10-5-6-14(12-20)19-2;/h3-4,7-8,13-14,19H,5-6,9-12H2,1-2H3;1H. The Balaban J connectivity index is 0.00000225. The number of hydrogen-bond donors (Lipinski definition) is 1. The number of nitrogens with zero attached hydrogens (tertiary/aromatic N) is 2. The Morgan fingerprint density at radius 3 is 2.88 bits per heavy atom. The van der Waals surface area contributed by atoms with Crippen molar-refractivity contribution in [1.29, 1.82) is 0 Å². The largest absolute Gasteiger partial charge is 0.479 e.